The summed E-state index contributed by atoms with van der Waals surface area (Å²) in [4.78, 5) is 39.0. The number of halogens is 1. The number of carbonyl (C=O) groups is 3. The van der Waals surface area contributed by atoms with E-state index in [4.69, 9.17) is 0 Å². The molecule has 1 aliphatic carbocycles. The molecule has 1 aliphatic rings. The molecule has 1 fully saturated rings. The number of para-hydroxylation sites is 1. The van der Waals surface area contributed by atoms with Crippen LogP contribution in [0.3, 0.4) is 0 Å². The molecule has 3 aromatic carbocycles. The highest BCUT2D eigenvalue weighted by Crippen LogP contribution is 2.36. The molecule has 36 heavy (non-hydrogen) atoms. The van der Waals surface area contributed by atoms with E-state index in [-0.39, 0.29) is 47.0 Å². The van der Waals surface area contributed by atoms with Gasteiger partial charge in [-0.25, -0.2) is 12.8 Å². The Bertz CT molecular complexity index is 1380. The summed E-state index contributed by atoms with van der Waals surface area (Å²) in [6, 6.07) is 17.9. The molecule has 0 aromatic heterocycles. The lowest BCUT2D eigenvalue weighted by atomic mass is 9.72. The molecule has 0 amide bonds. The Morgan fingerprint density at radius 2 is 1.56 bits per heavy atom. The monoisotopic (exact) mass is 507 g/mol. The number of nitrogens with one attached hydrogen (secondary N) is 1. The quantitative estimate of drug-likeness (QED) is 0.333. The molecule has 3 aromatic rings. The first-order valence-corrected chi connectivity index (χ1v) is 13.2. The topological polar surface area (TPSA) is 97.4 Å². The molecule has 0 radical (unpaired) electrons. The van der Waals surface area contributed by atoms with E-state index in [0.29, 0.717) is 12.0 Å². The summed E-state index contributed by atoms with van der Waals surface area (Å²) in [5.41, 5.74) is 1.64. The van der Waals surface area contributed by atoms with Crippen molar-refractivity contribution < 1.29 is 27.2 Å². The van der Waals surface area contributed by atoms with Crippen LogP contribution in [0.25, 0.3) is 0 Å². The number of aryl methyl sites for hydroxylation is 1. The highest BCUT2D eigenvalue weighted by molar-refractivity contribution is 7.92. The first-order chi connectivity index (χ1) is 17.2. The Balaban J connectivity index is 1.66. The van der Waals surface area contributed by atoms with Crippen molar-refractivity contribution in [2.45, 2.75) is 43.4 Å². The second-order valence-electron chi connectivity index (χ2n) is 9.01. The lowest BCUT2D eigenvalue weighted by Gasteiger charge is -2.28. The van der Waals surface area contributed by atoms with E-state index in [1.54, 1.807) is 24.3 Å². The van der Waals surface area contributed by atoms with Crippen LogP contribution < -0.4 is 4.72 Å². The number of sulfonamides is 1. The van der Waals surface area contributed by atoms with E-state index in [2.05, 4.69) is 4.72 Å². The average molecular weight is 508 g/mol. The van der Waals surface area contributed by atoms with Crippen molar-refractivity contribution in [2.24, 2.45) is 5.92 Å². The van der Waals surface area contributed by atoms with Gasteiger partial charge in [0.25, 0.3) is 10.0 Å². The van der Waals surface area contributed by atoms with Crippen LogP contribution in [0.5, 0.6) is 0 Å². The lowest BCUT2D eigenvalue weighted by molar-refractivity contribution is -0.136. The van der Waals surface area contributed by atoms with E-state index in [0.717, 1.165) is 5.56 Å². The largest absolute Gasteiger partial charge is 0.299 e. The summed E-state index contributed by atoms with van der Waals surface area (Å²) in [5, 5.41) is 0. The summed E-state index contributed by atoms with van der Waals surface area (Å²) >= 11 is 0. The van der Waals surface area contributed by atoms with Gasteiger partial charge in [0.2, 0.25) is 0 Å². The number of ketones is 3. The SMILES string of the molecule is Cc1ccc(S(=O)(=O)Nc2ccccc2C(=O)CC(c2ccc(F)cc2)C2C(=O)CCCC2=O)cc1. The van der Waals surface area contributed by atoms with Crippen molar-refractivity contribution in [1.29, 1.82) is 0 Å². The highest BCUT2D eigenvalue weighted by Gasteiger charge is 2.38. The molecule has 0 bridgehead atoms. The van der Waals surface area contributed by atoms with Crippen molar-refractivity contribution >= 4 is 33.1 Å². The van der Waals surface area contributed by atoms with Crippen molar-refractivity contribution in [2.75, 3.05) is 4.72 Å². The minimum absolute atomic E-state index is 0.0536. The Hall–Kier alpha value is -3.65. The fourth-order valence-electron chi connectivity index (χ4n) is 4.56. The number of Topliss-reactive ketones (excluding diaryl/α,β-unsaturated/α-hetero) is 3. The van der Waals surface area contributed by atoms with E-state index in [1.165, 1.54) is 48.5 Å². The minimum atomic E-state index is -3.96. The molecule has 6 nitrogen and oxygen atoms in total. The fourth-order valence-corrected chi connectivity index (χ4v) is 5.64. The zero-order chi connectivity index (χ0) is 25.9. The van der Waals surface area contributed by atoms with Gasteiger partial charge in [-0.2, -0.15) is 0 Å². The smallest absolute Gasteiger partial charge is 0.261 e. The van der Waals surface area contributed by atoms with E-state index in [1.807, 2.05) is 6.92 Å². The molecular weight excluding hydrogens is 481 g/mol. The van der Waals surface area contributed by atoms with Gasteiger partial charge in [-0.05, 0) is 55.3 Å². The van der Waals surface area contributed by atoms with Crippen LogP contribution in [0.2, 0.25) is 0 Å². The molecule has 1 atom stereocenters. The maximum Gasteiger partial charge on any atom is 0.261 e. The first-order valence-electron chi connectivity index (χ1n) is 11.7. The molecule has 186 valence electrons. The van der Waals surface area contributed by atoms with Gasteiger partial charge in [-0.1, -0.05) is 42.0 Å². The summed E-state index contributed by atoms with van der Waals surface area (Å²) < 4.78 is 42.0. The summed E-state index contributed by atoms with van der Waals surface area (Å²) in [6.07, 6.45) is 0.753. The molecular formula is C28H26FNO5S. The second kappa shape index (κ2) is 10.5. The van der Waals surface area contributed by atoms with Gasteiger partial charge in [-0.3, -0.25) is 19.1 Å². The molecule has 4 rings (SSSR count). The van der Waals surface area contributed by atoms with Crippen LogP contribution >= 0.6 is 0 Å². The maximum atomic E-state index is 13.6. The standard InChI is InChI=1S/C28H26FNO5S/c1-18-9-15-21(16-10-18)36(34,35)30-24-6-3-2-5-22(24)27(33)17-23(19-11-13-20(29)14-12-19)28-25(31)7-4-8-26(28)32/h2-3,5-6,9-16,23,28,30H,4,7-8,17H2,1H3. The lowest BCUT2D eigenvalue weighted by Crippen LogP contribution is -2.35. The van der Waals surface area contributed by atoms with Crippen LogP contribution in [0, 0.1) is 18.7 Å². The maximum absolute atomic E-state index is 13.6. The van der Waals surface area contributed by atoms with Crippen molar-refractivity contribution in [3.63, 3.8) is 0 Å². The number of anilines is 1. The van der Waals surface area contributed by atoms with Gasteiger partial charge >= 0.3 is 0 Å². The number of rotatable bonds is 8. The van der Waals surface area contributed by atoms with E-state index < -0.39 is 33.5 Å². The number of hydrogen-bond donors (Lipinski definition) is 1. The van der Waals surface area contributed by atoms with Crippen LogP contribution in [0.1, 0.15) is 53.1 Å². The molecule has 0 spiro atoms. The Morgan fingerprint density at radius 1 is 0.944 bits per heavy atom. The van der Waals surface area contributed by atoms with Gasteiger partial charge in [0.15, 0.2) is 5.78 Å². The number of benzene rings is 3. The normalized spacial score (nSPS) is 15.5. The predicted octanol–water partition coefficient (Wildman–Crippen LogP) is 5.23. The third-order valence-corrected chi connectivity index (χ3v) is 7.83. The highest BCUT2D eigenvalue weighted by atomic mass is 32.2. The Labute approximate surface area is 209 Å². The molecule has 8 heteroatoms. The third-order valence-electron chi connectivity index (χ3n) is 6.45. The molecule has 0 aliphatic heterocycles. The Kier molecular flexibility index (Phi) is 7.45. The van der Waals surface area contributed by atoms with Gasteiger partial charge in [0.1, 0.15) is 17.4 Å². The van der Waals surface area contributed by atoms with E-state index >= 15 is 0 Å². The predicted molar refractivity (Wildman–Crippen MR) is 134 cm³/mol. The summed E-state index contributed by atoms with van der Waals surface area (Å²) in [7, 11) is -3.96. The molecule has 1 N–H and O–H groups in total. The first kappa shape index (κ1) is 25.4. The molecule has 1 saturated carbocycles. The van der Waals surface area contributed by atoms with Crippen LogP contribution in [0.15, 0.2) is 77.7 Å². The van der Waals surface area contributed by atoms with Crippen LogP contribution in [0.4, 0.5) is 10.1 Å². The number of hydrogen-bond acceptors (Lipinski definition) is 5. The van der Waals surface area contributed by atoms with Crippen molar-refractivity contribution in [3.05, 3.63) is 95.3 Å². The number of carbonyl (C=O) groups excluding carboxylic acids is 3. The molecule has 0 heterocycles. The zero-order valence-electron chi connectivity index (χ0n) is 19.7. The van der Waals surface area contributed by atoms with Gasteiger partial charge in [-0.15, -0.1) is 0 Å². The van der Waals surface area contributed by atoms with Gasteiger partial charge < -0.3 is 0 Å². The average Bonchev–Trinajstić information content (AvgIpc) is 2.84. The van der Waals surface area contributed by atoms with Crippen molar-refractivity contribution in [3.8, 4) is 0 Å². The van der Waals surface area contributed by atoms with Gasteiger partial charge in [0.05, 0.1) is 16.5 Å². The van der Waals surface area contributed by atoms with Crippen LogP contribution in [-0.4, -0.2) is 25.8 Å². The summed E-state index contributed by atoms with van der Waals surface area (Å²) in [6.45, 7) is 1.84. The van der Waals surface area contributed by atoms with Gasteiger partial charge in [0, 0.05) is 30.7 Å². The van der Waals surface area contributed by atoms with E-state index in [9.17, 15) is 27.2 Å². The summed E-state index contributed by atoms with van der Waals surface area (Å²) in [5.74, 6) is -3.15. The van der Waals surface area contributed by atoms with Crippen LogP contribution in [-0.2, 0) is 19.6 Å². The van der Waals surface area contributed by atoms with Crippen molar-refractivity contribution in [1.82, 2.24) is 0 Å². The molecule has 1 unspecified atom stereocenters. The fraction of sp³-hybridized carbons (Fsp3) is 0.250. The minimum Gasteiger partial charge on any atom is -0.299 e. The third kappa shape index (κ3) is 5.60. The molecule has 0 saturated heterocycles. The Morgan fingerprint density at radius 3 is 2.19 bits per heavy atom. The zero-order valence-corrected chi connectivity index (χ0v) is 20.6. The second-order valence-corrected chi connectivity index (χ2v) is 10.7.